The first-order valence-corrected chi connectivity index (χ1v) is 6.18. The lowest BCUT2D eigenvalue weighted by Crippen LogP contribution is -2.16. The van der Waals surface area contributed by atoms with Gasteiger partial charge in [-0.25, -0.2) is 9.78 Å². The van der Waals surface area contributed by atoms with Crippen LogP contribution in [0.4, 0.5) is 5.13 Å². The van der Waals surface area contributed by atoms with E-state index in [1.54, 1.807) is 6.92 Å². The van der Waals surface area contributed by atoms with Crippen molar-refractivity contribution < 1.29 is 9.90 Å². The summed E-state index contributed by atoms with van der Waals surface area (Å²) in [6.45, 7) is 9.04. The molecule has 4 nitrogen and oxygen atoms in total. The van der Waals surface area contributed by atoms with Gasteiger partial charge in [0.2, 0.25) is 0 Å². The SMILES string of the molecule is Cc1nc(NCC(C)C(C)C)sc1C(=O)O. The van der Waals surface area contributed by atoms with Crippen LogP contribution in [0.2, 0.25) is 0 Å². The first kappa shape index (κ1) is 13.0. The number of hydrogen-bond donors (Lipinski definition) is 2. The van der Waals surface area contributed by atoms with E-state index in [1.807, 2.05) is 0 Å². The first-order chi connectivity index (χ1) is 7.41. The lowest BCUT2D eigenvalue weighted by atomic mass is 9.98. The highest BCUT2D eigenvalue weighted by atomic mass is 32.1. The molecule has 0 aliphatic heterocycles. The van der Waals surface area contributed by atoms with Gasteiger partial charge in [0.1, 0.15) is 4.88 Å². The van der Waals surface area contributed by atoms with Gasteiger partial charge in [0.05, 0.1) is 5.69 Å². The summed E-state index contributed by atoms with van der Waals surface area (Å²) < 4.78 is 0. The van der Waals surface area contributed by atoms with E-state index < -0.39 is 5.97 Å². The number of carboxylic acids is 1. The molecule has 0 saturated heterocycles. The highest BCUT2D eigenvalue weighted by Crippen LogP contribution is 2.23. The Morgan fingerprint density at radius 3 is 2.56 bits per heavy atom. The van der Waals surface area contributed by atoms with E-state index in [4.69, 9.17) is 5.11 Å². The molecular formula is C11H18N2O2S. The molecule has 2 N–H and O–H groups in total. The average molecular weight is 242 g/mol. The van der Waals surface area contributed by atoms with Crippen LogP contribution in [-0.2, 0) is 0 Å². The molecule has 0 spiro atoms. The van der Waals surface area contributed by atoms with Gasteiger partial charge in [-0.05, 0) is 18.8 Å². The zero-order chi connectivity index (χ0) is 12.3. The smallest absolute Gasteiger partial charge is 0.347 e. The summed E-state index contributed by atoms with van der Waals surface area (Å²) in [5.74, 6) is 0.241. The van der Waals surface area contributed by atoms with E-state index in [0.29, 0.717) is 27.5 Å². The predicted octanol–water partition coefficient (Wildman–Crippen LogP) is 2.85. The number of anilines is 1. The van der Waals surface area contributed by atoms with Crippen molar-refractivity contribution in [2.75, 3.05) is 11.9 Å². The van der Waals surface area contributed by atoms with Gasteiger partial charge in [-0.1, -0.05) is 32.1 Å². The van der Waals surface area contributed by atoms with Gasteiger partial charge < -0.3 is 10.4 Å². The van der Waals surface area contributed by atoms with Gasteiger partial charge >= 0.3 is 5.97 Å². The molecule has 1 aromatic rings. The third-order valence-electron chi connectivity index (χ3n) is 2.70. The highest BCUT2D eigenvalue weighted by Gasteiger charge is 2.14. The molecule has 90 valence electrons. The highest BCUT2D eigenvalue weighted by molar-refractivity contribution is 7.17. The topological polar surface area (TPSA) is 62.2 Å². The van der Waals surface area contributed by atoms with Crippen molar-refractivity contribution in [1.29, 1.82) is 0 Å². The minimum absolute atomic E-state index is 0.319. The zero-order valence-electron chi connectivity index (χ0n) is 10.1. The van der Waals surface area contributed by atoms with E-state index in [9.17, 15) is 4.79 Å². The van der Waals surface area contributed by atoms with E-state index in [-0.39, 0.29) is 0 Å². The molecule has 1 aromatic heterocycles. The van der Waals surface area contributed by atoms with Crippen LogP contribution in [0, 0.1) is 18.8 Å². The summed E-state index contributed by atoms with van der Waals surface area (Å²) in [6, 6.07) is 0. The molecule has 0 saturated carbocycles. The van der Waals surface area contributed by atoms with Crippen LogP contribution in [0.15, 0.2) is 0 Å². The van der Waals surface area contributed by atoms with Crippen LogP contribution in [0.3, 0.4) is 0 Å². The number of carboxylic acid groups (broad SMARTS) is 1. The fourth-order valence-corrected chi connectivity index (χ4v) is 1.97. The zero-order valence-corrected chi connectivity index (χ0v) is 10.9. The summed E-state index contributed by atoms with van der Waals surface area (Å²) >= 11 is 1.20. The molecule has 1 rings (SSSR count). The van der Waals surface area contributed by atoms with Crippen molar-refractivity contribution in [2.24, 2.45) is 11.8 Å². The van der Waals surface area contributed by atoms with Gasteiger partial charge in [-0.15, -0.1) is 0 Å². The second-order valence-corrected chi connectivity index (χ2v) is 5.34. The number of nitrogens with one attached hydrogen (secondary N) is 1. The standard InChI is InChI=1S/C11H18N2O2S/c1-6(2)7(3)5-12-11-13-8(4)9(16-11)10(14)15/h6-7H,5H2,1-4H3,(H,12,13)(H,14,15). The van der Waals surface area contributed by atoms with Gasteiger partial charge in [0.15, 0.2) is 5.13 Å². The molecule has 16 heavy (non-hydrogen) atoms. The van der Waals surface area contributed by atoms with E-state index in [2.05, 4.69) is 31.1 Å². The lowest BCUT2D eigenvalue weighted by molar-refractivity contribution is 0.0701. The van der Waals surface area contributed by atoms with E-state index in [0.717, 1.165) is 6.54 Å². The van der Waals surface area contributed by atoms with Crippen LogP contribution in [0.1, 0.15) is 36.1 Å². The number of aryl methyl sites for hydroxylation is 1. The summed E-state index contributed by atoms with van der Waals surface area (Å²) in [6.07, 6.45) is 0. The molecular weight excluding hydrogens is 224 g/mol. The number of rotatable bonds is 5. The van der Waals surface area contributed by atoms with Crippen LogP contribution >= 0.6 is 11.3 Å². The van der Waals surface area contributed by atoms with Gasteiger partial charge in [0, 0.05) is 6.54 Å². The van der Waals surface area contributed by atoms with Crippen LogP contribution in [-0.4, -0.2) is 22.6 Å². The monoisotopic (exact) mass is 242 g/mol. The molecule has 0 aliphatic rings. The van der Waals surface area contributed by atoms with Gasteiger partial charge in [-0.3, -0.25) is 0 Å². The van der Waals surface area contributed by atoms with Crippen LogP contribution < -0.4 is 5.32 Å². The van der Waals surface area contributed by atoms with Gasteiger partial charge in [0.25, 0.3) is 0 Å². The number of nitrogens with zero attached hydrogens (tertiary/aromatic N) is 1. The van der Waals surface area contributed by atoms with Crippen molar-refractivity contribution in [1.82, 2.24) is 4.98 Å². The third-order valence-corrected chi connectivity index (χ3v) is 3.81. The van der Waals surface area contributed by atoms with Crippen molar-refractivity contribution in [3.8, 4) is 0 Å². The maximum Gasteiger partial charge on any atom is 0.347 e. The number of hydrogen-bond acceptors (Lipinski definition) is 4. The maximum atomic E-state index is 10.8. The fourth-order valence-electron chi connectivity index (χ4n) is 1.15. The predicted molar refractivity (Wildman–Crippen MR) is 66.3 cm³/mol. The fraction of sp³-hybridized carbons (Fsp3) is 0.636. The lowest BCUT2D eigenvalue weighted by Gasteiger charge is -2.15. The van der Waals surface area contributed by atoms with Crippen molar-refractivity contribution >= 4 is 22.4 Å². The number of aromatic carboxylic acids is 1. The van der Waals surface area contributed by atoms with Crippen LogP contribution in [0.25, 0.3) is 0 Å². The minimum atomic E-state index is -0.903. The molecule has 5 heteroatoms. The summed E-state index contributed by atoms with van der Waals surface area (Å²) in [4.78, 5) is 15.3. The molecule has 1 atom stereocenters. The van der Waals surface area contributed by atoms with E-state index >= 15 is 0 Å². The molecule has 1 heterocycles. The quantitative estimate of drug-likeness (QED) is 0.833. The average Bonchev–Trinajstić information content (AvgIpc) is 2.56. The second kappa shape index (κ2) is 5.30. The Morgan fingerprint density at radius 2 is 2.12 bits per heavy atom. The molecule has 0 radical (unpaired) electrons. The molecule has 0 aromatic carbocycles. The summed E-state index contributed by atoms with van der Waals surface area (Å²) in [5.41, 5.74) is 0.581. The summed E-state index contributed by atoms with van der Waals surface area (Å²) in [5, 5.41) is 12.8. The Hall–Kier alpha value is -1.10. The molecule has 0 amide bonds. The van der Waals surface area contributed by atoms with Crippen LogP contribution in [0.5, 0.6) is 0 Å². The summed E-state index contributed by atoms with van der Waals surface area (Å²) in [7, 11) is 0. The molecule has 0 aliphatic carbocycles. The molecule has 0 fully saturated rings. The Bertz CT molecular complexity index is 374. The largest absolute Gasteiger partial charge is 0.477 e. The number of thiazole rings is 1. The number of aromatic nitrogens is 1. The van der Waals surface area contributed by atoms with Crippen molar-refractivity contribution in [3.63, 3.8) is 0 Å². The number of carbonyl (C=O) groups is 1. The van der Waals surface area contributed by atoms with Crippen molar-refractivity contribution in [2.45, 2.75) is 27.7 Å². The maximum absolute atomic E-state index is 10.8. The Balaban J connectivity index is 2.62. The Morgan fingerprint density at radius 1 is 1.50 bits per heavy atom. The molecule has 1 unspecified atom stereocenters. The minimum Gasteiger partial charge on any atom is -0.477 e. The molecule has 0 bridgehead atoms. The Kier molecular flexibility index (Phi) is 4.29. The van der Waals surface area contributed by atoms with Gasteiger partial charge in [-0.2, -0.15) is 0 Å². The Labute approximate surface area is 99.7 Å². The van der Waals surface area contributed by atoms with E-state index in [1.165, 1.54) is 11.3 Å². The third kappa shape index (κ3) is 3.20. The normalized spacial score (nSPS) is 12.8. The first-order valence-electron chi connectivity index (χ1n) is 5.36. The van der Waals surface area contributed by atoms with Crippen molar-refractivity contribution in [3.05, 3.63) is 10.6 Å². The second-order valence-electron chi connectivity index (χ2n) is 4.34.